The third-order valence-corrected chi connectivity index (χ3v) is 3.13. The van der Waals surface area contributed by atoms with Crippen LogP contribution in [-0.4, -0.2) is 21.9 Å². The second-order valence-corrected chi connectivity index (χ2v) is 4.75. The minimum atomic E-state index is 0.120. The van der Waals surface area contributed by atoms with Crippen LogP contribution >= 0.6 is 0 Å². The summed E-state index contributed by atoms with van der Waals surface area (Å²) < 4.78 is 7.49. The van der Waals surface area contributed by atoms with Crippen molar-refractivity contribution in [3.63, 3.8) is 0 Å². The maximum absolute atomic E-state index is 12.2. The molecule has 0 aliphatic carbocycles. The van der Waals surface area contributed by atoms with E-state index in [-0.39, 0.29) is 5.78 Å². The van der Waals surface area contributed by atoms with Gasteiger partial charge in [-0.3, -0.25) is 4.79 Å². The number of aryl methyl sites for hydroxylation is 2. The van der Waals surface area contributed by atoms with Crippen LogP contribution in [0.1, 0.15) is 35.9 Å². The largest absolute Gasteiger partial charge is 0.494 e. The second-order valence-electron chi connectivity index (χ2n) is 4.75. The SMILES string of the molecule is CCCOc1cccc(C(=O)CCc2nccn2C)c1. The minimum absolute atomic E-state index is 0.120. The Labute approximate surface area is 119 Å². The molecular weight excluding hydrogens is 252 g/mol. The van der Waals surface area contributed by atoms with Gasteiger partial charge in [0.05, 0.1) is 6.61 Å². The van der Waals surface area contributed by atoms with Crippen molar-refractivity contribution in [2.45, 2.75) is 26.2 Å². The lowest BCUT2D eigenvalue weighted by Crippen LogP contribution is -2.05. The molecule has 1 aromatic heterocycles. The molecule has 0 aliphatic heterocycles. The fourth-order valence-corrected chi connectivity index (χ4v) is 1.99. The van der Waals surface area contributed by atoms with Crippen LogP contribution in [0.15, 0.2) is 36.7 Å². The zero-order valence-corrected chi connectivity index (χ0v) is 12.0. The molecule has 1 heterocycles. The quantitative estimate of drug-likeness (QED) is 0.728. The zero-order chi connectivity index (χ0) is 14.4. The van der Waals surface area contributed by atoms with Crippen LogP contribution in [0.4, 0.5) is 0 Å². The molecule has 4 nitrogen and oxygen atoms in total. The predicted molar refractivity (Wildman–Crippen MR) is 78.1 cm³/mol. The summed E-state index contributed by atoms with van der Waals surface area (Å²) in [5.74, 6) is 1.81. The first kappa shape index (κ1) is 14.3. The van der Waals surface area contributed by atoms with Gasteiger partial charge >= 0.3 is 0 Å². The van der Waals surface area contributed by atoms with Crippen LogP contribution in [0, 0.1) is 0 Å². The van der Waals surface area contributed by atoms with Gasteiger partial charge in [0.25, 0.3) is 0 Å². The minimum Gasteiger partial charge on any atom is -0.494 e. The first-order chi connectivity index (χ1) is 9.70. The Balaban J connectivity index is 1.96. The average molecular weight is 272 g/mol. The number of aromatic nitrogens is 2. The van der Waals surface area contributed by atoms with E-state index in [1.165, 1.54) is 0 Å². The number of carbonyl (C=O) groups is 1. The van der Waals surface area contributed by atoms with Gasteiger partial charge in [0.15, 0.2) is 5.78 Å². The number of benzene rings is 1. The summed E-state index contributed by atoms with van der Waals surface area (Å²) in [5.41, 5.74) is 0.702. The standard InChI is InChI=1S/C16H20N2O2/c1-3-11-20-14-6-4-5-13(12-14)15(19)7-8-16-17-9-10-18(16)2/h4-6,9-10,12H,3,7-8,11H2,1-2H3. The summed E-state index contributed by atoms with van der Waals surface area (Å²) in [6.45, 7) is 2.73. The molecule has 4 heteroatoms. The fraction of sp³-hybridized carbons (Fsp3) is 0.375. The Bertz CT molecular complexity index is 575. The van der Waals surface area contributed by atoms with Crippen molar-refractivity contribution in [2.75, 3.05) is 6.61 Å². The molecule has 106 valence electrons. The lowest BCUT2D eigenvalue weighted by Gasteiger charge is -2.06. The fourth-order valence-electron chi connectivity index (χ4n) is 1.99. The van der Waals surface area contributed by atoms with Crippen LogP contribution in [0.3, 0.4) is 0 Å². The molecule has 1 aromatic carbocycles. The molecular formula is C16H20N2O2. The van der Waals surface area contributed by atoms with Gasteiger partial charge in [-0.1, -0.05) is 19.1 Å². The highest BCUT2D eigenvalue weighted by molar-refractivity contribution is 5.96. The van der Waals surface area contributed by atoms with E-state index < -0.39 is 0 Å². The van der Waals surface area contributed by atoms with Crippen LogP contribution in [0.2, 0.25) is 0 Å². The maximum Gasteiger partial charge on any atom is 0.163 e. The van der Waals surface area contributed by atoms with Gasteiger partial charge in [-0.2, -0.15) is 0 Å². The molecule has 0 unspecified atom stereocenters. The number of imidazole rings is 1. The highest BCUT2D eigenvalue weighted by atomic mass is 16.5. The van der Waals surface area contributed by atoms with Gasteiger partial charge in [-0.15, -0.1) is 0 Å². The number of hydrogen-bond acceptors (Lipinski definition) is 3. The molecule has 0 saturated heterocycles. The molecule has 0 amide bonds. The number of ether oxygens (including phenoxy) is 1. The first-order valence-electron chi connectivity index (χ1n) is 6.93. The molecule has 0 N–H and O–H groups in total. The van der Waals surface area contributed by atoms with E-state index in [1.54, 1.807) is 6.20 Å². The Hall–Kier alpha value is -2.10. The van der Waals surface area contributed by atoms with Crippen molar-refractivity contribution in [1.82, 2.24) is 9.55 Å². The monoisotopic (exact) mass is 272 g/mol. The van der Waals surface area contributed by atoms with Crippen molar-refractivity contribution in [3.05, 3.63) is 48.0 Å². The molecule has 0 fully saturated rings. The Morgan fingerprint density at radius 1 is 1.40 bits per heavy atom. The third kappa shape index (κ3) is 3.70. The van der Waals surface area contributed by atoms with Gasteiger partial charge in [0.2, 0.25) is 0 Å². The lowest BCUT2D eigenvalue weighted by atomic mass is 10.1. The normalized spacial score (nSPS) is 10.5. The summed E-state index contributed by atoms with van der Waals surface area (Å²) in [6.07, 6.45) is 5.71. The molecule has 20 heavy (non-hydrogen) atoms. The van der Waals surface area contributed by atoms with E-state index in [0.29, 0.717) is 25.0 Å². The van der Waals surface area contributed by atoms with Gasteiger partial charge in [-0.25, -0.2) is 4.98 Å². The van der Waals surface area contributed by atoms with Gasteiger partial charge in [0.1, 0.15) is 11.6 Å². The number of nitrogens with zero attached hydrogens (tertiary/aromatic N) is 2. The molecule has 0 atom stereocenters. The first-order valence-corrected chi connectivity index (χ1v) is 6.93. The second kappa shape index (κ2) is 6.89. The molecule has 0 radical (unpaired) electrons. The summed E-state index contributed by atoms with van der Waals surface area (Å²) in [5, 5.41) is 0. The van der Waals surface area contributed by atoms with Gasteiger partial charge < -0.3 is 9.30 Å². The average Bonchev–Trinajstić information content (AvgIpc) is 2.88. The summed E-state index contributed by atoms with van der Waals surface area (Å²) >= 11 is 0. The number of Topliss-reactive ketones (excluding diaryl/α,β-unsaturated/α-hetero) is 1. The predicted octanol–water partition coefficient (Wildman–Crippen LogP) is 3.02. The number of rotatable bonds is 7. The molecule has 0 spiro atoms. The number of ketones is 1. The van der Waals surface area contributed by atoms with Crippen molar-refractivity contribution in [2.24, 2.45) is 7.05 Å². The molecule has 0 bridgehead atoms. The smallest absolute Gasteiger partial charge is 0.163 e. The Morgan fingerprint density at radius 3 is 2.95 bits per heavy atom. The van der Waals surface area contributed by atoms with E-state index in [2.05, 4.69) is 11.9 Å². The lowest BCUT2D eigenvalue weighted by molar-refractivity contribution is 0.0981. The van der Waals surface area contributed by atoms with Crippen LogP contribution in [-0.2, 0) is 13.5 Å². The van der Waals surface area contributed by atoms with E-state index in [1.807, 2.05) is 42.1 Å². The molecule has 2 rings (SSSR count). The highest BCUT2D eigenvalue weighted by Gasteiger charge is 2.09. The van der Waals surface area contributed by atoms with Gasteiger partial charge in [0, 0.05) is 37.8 Å². The van der Waals surface area contributed by atoms with Gasteiger partial charge in [-0.05, 0) is 18.6 Å². The van der Waals surface area contributed by atoms with E-state index >= 15 is 0 Å². The number of hydrogen-bond donors (Lipinski definition) is 0. The van der Waals surface area contributed by atoms with E-state index in [4.69, 9.17) is 4.74 Å². The van der Waals surface area contributed by atoms with E-state index in [9.17, 15) is 4.79 Å². The highest BCUT2D eigenvalue weighted by Crippen LogP contribution is 2.15. The Morgan fingerprint density at radius 2 is 2.25 bits per heavy atom. The van der Waals surface area contributed by atoms with Crippen LogP contribution < -0.4 is 4.74 Å². The summed E-state index contributed by atoms with van der Waals surface area (Å²) in [4.78, 5) is 16.4. The number of carbonyl (C=O) groups excluding carboxylic acids is 1. The van der Waals surface area contributed by atoms with Crippen molar-refractivity contribution in [3.8, 4) is 5.75 Å². The van der Waals surface area contributed by atoms with Crippen molar-refractivity contribution >= 4 is 5.78 Å². The van der Waals surface area contributed by atoms with Crippen LogP contribution in [0.25, 0.3) is 0 Å². The zero-order valence-electron chi connectivity index (χ0n) is 12.0. The summed E-state index contributed by atoms with van der Waals surface area (Å²) in [7, 11) is 1.94. The van der Waals surface area contributed by atoms with Crippen molar-refractivity contribution in [1.29, 1.82) is 0 Å². The maximum atomic E-state index is 12.2. The van der Waals surface area contributed by atoms with E-state index in [0.717, 1.165) is 18.0 Å². The summed E-state index contributed by atoms with van der Waals surface area (Å²) in [6, 6.07) is 7.39. The molecule has 0 saturated carbocycles. The third-order valence-electron chi connectivity index (χ3n) is 3.13. The van der Waals surface area contributed by atoms with Crippen LogP contribution in [0.5, 0.6) is 5.75 Å². The topological polar surface area (TPSA) is 44.1 Å². The molecule has 2 aromatic rings. The Kier molecular flexibility index (Phi) is 4.93. The van der Waals surface area contributed by atoms with Crippen molar-refractivity contribution < 1.29 is 9.53 Å². The molecule has 0 aliphatic rings.